The van der Waals surface area contributed by atoms with E-state index >= 15 is 0 Å². The van der Waals surface area contributed by atoms with Crippen LogP contribution in [0, 0.1) is 0 Å². The molecule has 142 valence electrons. The van der Waals surface area contributed by atoms with E-state index in [0.717, 1.165) is 12.1 Å². The quantitative estimate of drug-likeness (QED) is 0.420. The molecule has 1 atom stereocenters. The molecular weight excluding hydrogens is 342 g/mol. The average Bonchev–Trinajstić information content (AvgIpc) is 3.39. The molecule has 0 aliphatic rings. The van der Waals surface area contributed by atoms with Crippen molar-refractivity contribution < 1.29 is 9.52 Å². The van der Waals surface area contributed by atoms with Crippen molar-refractivity contribution in [3.05, 3.63) is 78.0 Å². The van der Waals surface area contributed by atoms with E-state index in [2.05, 4.69) is 32.9 Å². The topological polar surface area (TPSA) is 87.6 Å². The number of furan rings is 1. The number of benzene rings is 1. The van der Waals surface area contributed by atoms with Crippen molar-refractivity contribution in [1.82, 2.24) is 20.4 Å². The Balaban J connectivity index is 1.64. The molecule has 27 heavy (non-hydrogen) atoms. The molecule has 1 aromatic carbocycles. The largest absolute Gasteiger partial charge is 0.467 e. The molecule has 7 heteroatoms. The molecule has 3 rings (SSSR count). The maximum Gasteiger partial charge on any atom is 0.191 e. The summed E-state index contributed by atoms with van der Waals surface area (Å²) in [5, 5.41) is 20.8. The van der Waals surface area contributed by atoms with E-state index in [1.165, 1.54) is 5.56 Å². The van der Waals surface area contributed by atoms with Crippen LogP contribution in [0.4, 0.5) is 0 Å². The number of hydrogen-bond donors (Lipinski definition) is 3. The van der Waals surface area contributed by atoms with Gasteiger partial charge in [-0.2, -0.15) is 5.10 Å². The molecule has 0 spiro atoms. The van der Waals surface area contributed by atoms with Gasteiger partial charge in [-0.1, -0.05) is 24.3 Å². The van der Waals surface area contributed by atoms with Gasteiger partial charge in [0.15, 0.2) is 5.96 Å². The minimum Gasteiger partial charge on any atom is -0.467 e. The molecule has 0 aliphatic carbocycles. The fourth-order valence-electron chi connectivity index (χ4n) is 2.72. The van der Waals surface area contributed by atoms with E-state index in [9.17, 15) is 5.11 Å². The van der Waals surface area contributed by atoms with Gasteiger partial charge < -0.3 is 20.2 Å². The van der Waals surface area contributed by atoms with Crippen LogP contribution in [0.15, 0.2) is 70.5 Å². The molecule has 3 N–H and O–H groups in total. The van der Waals surface area contributed by atoms with Gasteiger partial charge in [0.1, 0.15) is 11.9 Å². The monoisotopic (exact) mass is 367 g/mol. The third-order valence-electron chi connectivity index (χ3n) is 4.10. The minimum atomic E-state index is -0.726. The van der Waals surface area contributed by atoms with Crippen molar-refractivity contribution >= 4 is 5.96 Å². The molecular formula is C20H25N5O2. The Morgan fingerprint density at radius 1 is 1.19 bits per heavy atom. The highest BCUT2D eigenvalue weighted by Gasteiger charge is 2.11. The first-order valence-corrected chi connectivity index (χ1v) is 9.04. The van der Waals surface area contributed by atoms with E-state index in [1.54, 1.807) is 24.6 Å². The van der Waals surface area contributed by atoms with Gasteiger partial charge in [0.05, 0.1) is 25.9 Å². The summed E-state index contributed by atoms with van der Waals surface area (Å²) in [6, 6.07) is 13.6. The van der Waals surface area contributed by atoms with Gasteiger partial charge >= 0.3 is 0 Å². The van der Waals surface area contributed by atoms with Crippen LogP contribution in [0.2, 0.25) is 0 Å². The highest BCUT2D eigenvalue weighted by molar-refractivity contribution is 5.79. The zero-order valence-corrected chi connectivity index (χ0v) is 15.4. The molecule has 0 saturated heterocycles. The number of nitrogens with zero attached hydrogens (tertiary/aromatic N) is 3. The molecule has 1 unspecified atom stereocenters. The number of aliphatic hydroxyl groups excluding tert-OH is 1. The number of rotatable bonds is 8. The highest BCUT2D eigenvalue weighted by Crippen LogP contribution is 2.13. The first-order chi connectivity index (χ1) is 13.3. The number of aliphatic imine (C=N–C) groups is 1. The van der Waals surface area contributed by atoms with Gasteiger partial charge in [-0.15, -0.1) is 0 Å². The summed E-state index contributed by atoms with van der Waals surface area (Å²) < 4.78 is 7.12. The Labute approximate surface area is 158 Å². The number of aromatic nitrogens is 2. The van der Waals surface area contributed by atoms with Crippen LogP contribution in [-0.4, -0.2) is 33.9 Å². The van der Waals surface area contributed by atoms with Gasteiger partial charge in [-0.3, -0.25) is 4.68 Å². The number of nitrogens with one attached hydrogen (secondary N) is 2. The summed E-state index contributed by atoms with van der Waals surface area (Å²) in [6.45, 7) is 4.29. The zero-order valence-electron chi connectivity index (χ0n) is 15.4. The van der Waals surface area contributed by atoms with Crippen molar-refractivity contribution in [3.8, 4) is 0 Å². The average molecular weight is 367 g/mol. The standard InChI is InChI=1S/C20H25N5O2/c1-2-21-20(23-14-18(26)19-9-5-12-27-19)22-13-16-7-3-4-8-17(16)15-25-11-6-10-24-25/h3-12,18,26H,2,13-15H2,1H3,(H2,21,22,23). The summed E-state index contributed by atoms with van der Waals surface area (Å²) in [5.41, 5.74) is 2.31. The molecule has 0 aliphatic heterocycles. The van der Waals surface area contributed by atoms with E-state index in [4.69, 9.17) is 4.42 Å². The lowest BCUT2D eigenvalue weighted by Crippen LogP contribution is -2.39. The van der Waals surface area contributed by atoms with Gasteiger partial charge in [-0.25, -0.2) is 4.99 Å². The second kappa shape index (κ2) is 9.59. The molecule has 0 saturated carbocycles. The molecule has 0 amide bonds. The lowest BCUT2D eigenvalue weighted by Gasteiger charge is -2.14. The number of guanidine groups is 1. The van der Waals surface area contributed by atoms with Crippen molar-refractivity contribution in [2.24, 2.45) is 4.99 Å². The third kappa shape index (κ3) is 5.46. The highest BCUT2D eigenvalue weighted by atomic mass is 16.4. The molecule has 0 bridgehead atoms. The first kappa shape index (κ1) is 18.7. The maximum absolute atomic E-state index is 10.2. The summed E-state index contributed by atoms with van der Waals surface area (Å²) in [6.07, 6.45) is 4.55. The molecule has 3 aromatic rings. The molecule has 2 heterocycles. The normalized spacial score (nSPS) is 12.7. The van der Waals surface area contributed by atoms with Gasteiger partial charge in [0, 0.05) is 18.9 Å². The Bertz CT molecular complexity index is 828. The predicted molar refractivity (Wildman–Crippen MR) is 104 cm³/mol. The maximum atomic E-state index is 10.2. The van der Waals surface area contributed by atoms with Crippen molar-refractivity contribution in [3.63, 3.8) is 0 Å². The van der Waals surface area contributed by atoms with E-state index in [1.807, 2.05) is 36.0 Å². The van der Waals surface area contributed by atoms with Crippen LogP contribution >= 0.6 is 0 Å². The summed E-state index contributed by atoms with van der Waals surface area (Å²) in [4.78, 5) is 4.65. The summed E-state index contributed by atoms with van der Waals surface area (Å²) in [5.74, 6) is 1.18. The van der Waals surface area contributed by atoms with E-state index in [0.29, 0.717) is 31.4 Å². The second-order valence-electron chi connectivity index (χ2n) is 6.08. The zero-order chi connectivity index (χ0) is 18.9. The van der Waals surface area contributed by atoms with Gasteiger partial charge in [-0.05, 0) is 36.2 Å². The molecule has 2 aromatic heterocycles. The van der Waals surface area contributed by atoms with Crippen LogP contribution in [0.1, 0.15) is 29.9 Å². The van der Waals surface area contributed by atoms with Crippen LogP contribution in [0.5, 0.6) is 0 Å². The van der Waals surface area contributed by atoms with Gasteiger partial charge in [0.2, 0.25) is 0 Å². The summed E-state index contributed by atoms with van der Waals surface area (Å²) >= 11 is 0. The Hall–Kier alpha value is -3.06. The van der Waals surface area contributed by atoms with Crippen LogP contribution < -0.4 is 10.6 Å². The summed E-state index contributed by atoms with van der Waals surface area (Å²) in [7, 11) is 0. The minimum absolute atomic E-state index is 0.314. The first-order valence-electron chi connectivity index (χ1n) is 9.04. The van der Waals surface area contributed by atoms with Gasteiger partial charge in [0.25, 0.3) is 0 Å². The van der Waals surface area contributed by atoms with Crippen molar-refractivity contribution in [2.45, 2.75) is 26.1 Å². The molecule has 0 fully saturated rings. The van der Waals surface area contributed by atoms with Crippen molar-refractivity contribution in [1.29, 1.82) is 0 Å². The number of hydrogen-bond acceptors (Lipinski definition) is 4. The van der Waals surface area contributed by atoms with Crippen molar-refractivity contribution in [2.75, 3.05) is 13.1 Å². The fourth-order valence-corrected chi connectivity index (χ4v) is 2.72. The van der Waals surface area contributed by atoms with Crippen LogP contribution in [0.3, 0.4) is 0 Å². The van der Waals surface area contributed by atoms with Crippen LogP contribution in [0.25, 0.3) is 0 Å². The second-order valence-corrected chi connectivity index (χ2v) is 6.08. The Morgan fingerprint density at radius 2 is 2.04 bits per heavy atom. The number of aliphatic hydroxyl groups is 1. The predicted octanol–water partition coefficient (Wildman–Crippen LogP) is 2.31. The lowest BCUT2D eigenvalue weighted by molar-refractivity contribution is 0.153. The smallest absolute Gasteiger partial charge is 0.191 e. The molecule has 0 radical (unpaired) electrons. The van der Waals surface area contributed by atoms with E-state index < -0.39 is 6.10 Å². The lowest BCUT2D eigenvalue weighted by atomic mass is 10.1. The third-order valence-corrected chi connectivity index (χ3v) is 4.10. The van der Waals surface area contributed by atoms with Crippen LogP contribution in [-0.2, 0) is 13.1 Å². The molecule has 7 nitrogen and oxygen atoms in total. The Kier molecular flexibility index (Phi) is 6.65. The fraction of sp³-hybridized carbons (Fsp3) is 0.300. The SMILES string of the molecule is CCNC(=NCc1ccccc1Cn1cccn1)NCC(O)c1ccco1. The Morgan fingerprint density at radius 3 is 2.74 bits per heavy atom. The van der Waals surface area contributed by atoms with E-state index in [-0.39, 0.29) is 0 Å².